The smallest absolute Gasteiger partial charge is 0.313 e. The van der Waals surface area contributed by atoms with E-state index in [9.17, 15) is 19.8 Å². The number of aliphatic hydroxyl groups excluding tert-OH is 1. The van der Waals surface area contributed by atoms with Crippen LogP contribution >= 0.6 is 11.3 Å². The molecule has 0 radical (unpaired) electrons. The number of halogens is 1. The van der Waals surface area contributed by atoms with Crippen molar-refractivity contribution in [2.45, 2.75) is 63.8 Å². The number of nitrogens with one attached hydrogen (secondary N) is 1. The molecular weight excluding hydrogens is 497 g/mol. The molecule has 4 aliphatic carbocycles. The number of allylic oxidation sites excluding steroid dienone is 4. The predicted molar refractivity (Wildman–Crippen MR) is 133 cm³/mol. The number of ketones is 1. The first kappa shape index (κ1) is 24.6. The number of fused-ring (bicyclic) bond motifs is 5. The molecule has 8 nitrogen and oxygen atoms in total. The number of anilines is 1. The lowest BCUT2D eigenvalue weighted by molar-refractivity contribution is -0.223. The molecule has 0 unspecified atom stereocenters. The second-order valence-corrected chi connectivity index (χ2v) is 12.4. The Labute approximate surface area is 217 Å². The van der Waals surface area contributed by atoms with Gasteiger partial charge in [0.1, 0.15) is 11.9 Å². The summed E-state index contributed by atoms with van der Waals surface area (Å²) in [6.07, 6.45) is 7.58. The fourth-order valence-electron chi connectivity index (χ4n) is 8.08. The topological polar surface area (TPSA) is 126 Å². The molecule has 6 rings (SSSR count). The molecule has 0 aliphatic heterocycles. The van der Waals surface area contributed by atoms with Crippen LogP contribution < -0.4 is 5.32 Å². The molecule has 10 heteroatoms. The molecule has 2 aromatic rings. The van der Waals surface area contributed by atoms with Gasteiger partial charge in [-0.1, -0.05) is 25.5 Å². The van der Waals surface area contributed by atoms with E-state index in [0.29, 0.717) is 30.1 Å². The highest BCUT2D eigenvalue weighted by atomic mass is 32.1. The van der Waals surface area contributed by atoms with E-state index in [1.807, 2.05) is 13.8 Å². The fraction of sp³-hybridized carbons (Fsp3) is 0.556. The summed E-state index contributed by atoms with van der Waals surface area (Å²) in [7, 11) is 0. The number of hydrogen-bond acceptors (Lipinski definition) is 8. The zero-order chi connectivity index (χ0) is 26.4. The van der Waals surface area contributed by atoms with Crippen molar-refractivity contribution in [1.29, 1.82) is 0 Å². The molecule has 3 fully saturated rings. The van der Waals surface area contributed by atoms with Crippen LogP contribution in [0.25, 0.3) is 0 Å². The van der Waals surface area contributed by atoms with Gasteiger partial charge in [0, 0.05) is 22.1 Å². The van der Waals surface area contributed by atoms with Crippen molar-refractivity contribution in [2.75, 3.05) is 5.32 Å². The minimum atomic E-state index is -1.96. The first-order valence-corrected chi connectivity index (χ1v) is 13.5. The maximum Gasteiger partial charge on any atom is 0.313 e. The van der Waals surface area contributed by atoms with Gasteiger partial charge in [0.2, 0.25) is 0 Å². The van der Waals surface area contributed by atoms with Gasteiger partial charge in [0.15, 0.2) is 16.6 Å². The maximum absolute atomic E-state index is 17.3. The number of oxazole rings is 1. The van der Waals surface area contributed by atoms with E-state index < -0.39 is 40.0 Å². The standard InChI is InChI=1S/C27H30FN3O5S/c1-14-10-18-17-5-4-15-11-16(32)6-7-24(15,2)26(17,28)20(33)12-25(18,3)27(14,35)19-13-37-23(30-19)31-21(34)22-29-8-9-36-22/h6-9,11,13-14,17-18,20,33,35H,4-5,10,12H2,1-3H3,(H,30,31,34)/t14-,17+,18+,20+,24+,25+,26+,27+/m1/s1. The number of rotatable bonds is 3. The third-order valence-electron chi connectivity index (χ3n) is 9.96. The summed E-state index contributed by atoms with van der Waals surface area (Å²) < 4.78 is 22.4. The molecule has 2 aromatic heterocycles. The van der Waals surface area contributed by atoms with Gasteiger partial charge in [-0.15, -0.1) is 11.3 Å². The Balaban J connectivity index is 1.35. The van der Waals surface area contributed by atoms with Gasteiger partial charge < -0.3 is 14.6 Å². The van der Waals surface area contributed by atoms with Crippen molar-refractivity contribution in [3.8, 4) is 0 Å². The Kier molecular flexibility index (Phi) is 5.27. The third kappa shape index (κ3) is 3.06. The number of hydrogen-bond donors (Lipinski definition) is 3. The highest BCUT2D eigenvalue weighted by Crippen LogP contribution is 2.72. The van der Waals surface area contributed by atoms with Crippen LogP contribution in [0.1, 0.15) is 62.8 Å². The number of thiazole rings is 1. The molecule has 0 spiro atoms. The lowest BCUT2D eigenvalue weighted by Gasteiger charge is -2.62. The van der Waals surface area contributed by atoms with Gasteiger partial charge in [0.25, 0.3) is 5.89 Å². The summed E-state index contributed by atoms with van der Waals surface area (Å²) in [5.74, 6) is -1.76. The predicted octanol–water partition coefficient (Wildman–Crippen LogP) is 4.19. The summed E-state index contributed by atoms with van der Waals surface area (Å²) in [6, 6.07) is 0. The van der Waals surface area contributed by atoms with Crippen LogP contribution in [0.3, 0.4) is 0 Å². The van der Waals surface area contributed by atoms with Gasteiger partial charge >= 0.3 is 5.91 Å². The van der Waals surface area contributed by atoms with Crippen LogP contribution in [-0.2, 0) is 10.4 Å². The van der Waals surface area contributed by atoms with Gasteiger partial charge in [0.05, 0.1) is 18.0 Å². The Morgan fingerprint density at radius 1 is 1.32 bits per heavy atom. The van der Waals surface area contributed by atoms with Crippen LogP contribution in [0.4, 0.5) is 9.52 Å². The van der Waals surface area contributed by atoms with Crippen molar-refractivity contribution in [1.82, 2.24) is 9.97 Å². The van der Waals surface area contributed by atoms with E-state index in [1.54, 1.807) is 18.4 Å². The van der Waals surface area contributed by atoms with Crippen LogP contribution in [0.5, 0.6) is 0 Å². The average Bonchev–Trinajstić information content (AvgIpc) is 3.58. The van der Waals surface area contributed by atoms with Crippen molar-refractivity contribution >= 4 is 28.2 Å². The first-order chi connectivity index (χ1) is 17.4. The highest BCUT2D eigenvalue weighted by molar-refractivity contribution is 7.14. The van der Waals surface area contributed by atoms with E-state index in [4.69, 9.17) is 4.42 Å². The van der Waals surface area contributed by atoms with Gasteiger partial charge in [-0.25, -0.2) is 14.4 Å². The zero-order valence-corrected chi connectivity index (χ0v) is 21.7. The Hall–Kier alpha value is -2.69. The molecule has 4 aliphatic rings. The van der Waals surface area contributed by atoms with Crippen molar-refractivity contribution < 1.29 is 28.6 Å². The number of aromatic nitrogens is 2. The van der Waals surface area contributed by atoms with Crippen molar-refractivity contribution in [3.63, 3.8) is 0 Å². The third-order valence-corrected chi connectivity index (χ3v) is 10.7. The van der Waals surface area contributed by atoms with Crippen molar-refractivity contribution in [2.24, 2.45) is 28.6 Å². The second kappa shape index (κ2) is 7.91. The zero-order valence-electron chi connectivity index (χ0n) is 20.9. The molecule has 196 valence electrons. The fourth-order valence-corrected chi connectivity index (χ4v) is 8.84. The molecule has 0 bridgehead atoms. The number of aliphatic hydroxyl groups is 2. The molecule has 3 N–H and O–H groups in total. The molecule has 37 heavy (non-hydrogen) atoms. The monoisotopic (exact) mass is 527 g/mol. The summed E-state index contributed by atoms with van der Waals surface area (Å²) >= 11 is 1.18. The Bertz CT molecular complexity index is 1340. The molecule has 2 heterocycles. The maximum atomic E-state index is 17.3. The van der Waals surface area contributed by atoms with E-state index in [1.165, 1.54) is 35.9 Å². The van der Waals surface area contributed by atoms with Gasteiger partial charge in [-0.05, 0) is 56.6 Å². The van der Waals surface area contributed by atoms with E-state index in [2.05, 4.69) is 15.3 Å². The van der Waals surface area contributed by atoms with Crippen LogP contribution in [0.2, 0.25) is 0 Å². The average molecular weight is 528 g/mol. The van der Waals surface area contributed by atoms with E-state index >= 15 is 4.39 Å². The molecule has 1 amide bonds. The minimum Gasteiger partial charge on any atom is -0.441 e. The van der Waals surface area contributed by atoms with Crippen LogP contribution in [0, 0.1) is 28.6 Å². The summed E-state index contributed by atoms with van der Waals surface area (Å²) in [5.41, 5.74) is -4.18. The SMILES string of the molecule is C[C@@H]1C[C@H]2[C@@H]3CCC4=CC(=O)C=C[C@]4(C)[C@@]3(F)[C@@H](O)C[C@]2(C)[C@@]1(O)c1csc(NC(=O)c2ncco2)n1. The van der Waals surface area contributed by atoms with Crippen LogP contribution in [-0.4, -0.2) is 43.6 Å². The van der Waals surface area contributed by atoms with Gasteiger partial charge in [-0.2, -0.15) is 0 Å². The quantitative estimate of drug-likeness (QED) is 0.547. The number of amides is 1. The summed E-state index contributed by atoms with van der Waals surface area (Å²) in [5, 5.41) is 28.5. The number of alkyl halides is 1. The van der Waals surface area contributed by atoms with Crippen molar-refractivity contribution in [3.05, 3.63) is 53.2 Å². The second-order valence-electron chi connectivity index (χ2n) is 11.5. The number of carbonyl (C=O) groups is 2. The molecule has 0 aromatic carbocycles. The van der Waals surface area contributed by atoms with Gasteiger partial charge in [-0.3, -0.25) is 14.9 Å². The molecule has 3 saturated carbocycles. The molecule has 0 saturated heterocycles. The minimum absolute atomic E-state index is 0.0473. The normalized spacial score (nSPS) is 42.5. The lowest BCUT2D eigenvalue weighted by Crippen LogP contribution is -2.68. The molecule has 8 atom stereocenters. The number of nitrogens with zero attached hydrogens (tertiary/aromatic N) is 2. The Morgan fingerprint density at radius 2 is 2.11 bits per heavy atom. The largest absolute Gasteiger partial charge is 0.441 e. The summed E-state index contributed by atoms with van der Waals surface area (Å²) in [6.45, 7) is 5.66. The Morgan fingerprint density at radius 3 is 2.84 bits per heavy atom. The summed E-state index contributed by atoms with van der Waals surface area (Å²) in [4.78, 5) is 32.8. The molecular formula is C27H30FN3O5S. The van der Waals surface area contributed by atoms with E-state index in [-0.39, 0.29) is 29.9 Å². The van der Waals surface area contributed by atoms with E-state index in [0.717, 1.165) is 5.57 Å². The first-order valence-electron chi connectivity index (χ1n) is 12.7. The highest BCUT2D eigenvalue weighted by Gasteiger charge is 2.74. The number of carbonyl (C=O) groups excluding carboxylic acids is 2. The van der Waals surface area contributed by atoms with Crippen LogP contribution in [0.15, 0.2) is 46.1 Å². The lowest BCUT2D eigenvalue weighted by atomic mass is 9.44.